The van der Waals surface area contributed by atoms with Crippen molar-refractivity contribution in [2.75, 3.05) is 5.73 Å². The Bertz CT molecular complexity index is 622. The summed E-state index contributed by atoms with van der Waals surface area (Å²) < 4.78 is 1.81. The van der Waals surface area contributed by atoms with Crippen LogP contribution in [0.4, 0.5) is 5.82 Å². The highest BCUT2D eigenvalue weighted by atomic mass is 15.3. The molecule has 1 aromatic heterocycles. The Balaban J connectivity index is 1.99. The zero-order valence-corrected chi connectivity index (χ0v) is 12.7. The number of nitriles is 1. The lowest BCUT2D eigenvalue weighted by Gasteiger charge is -2.13. The minimum Gasteiger partial charge on any atom is -0.383 e. The number of nitrogens with zero attached hydrogens (tertiary/aromatic N) is 3. The van der Waals surface area contributed by atoms with Gasteiger partial charge in [-0.05, 0) is 38.2 Å². The van der Waals surface area contributed by atoms with Crippen LogP contribution in [-0.2, 0) is 12.8 Å². The van der Waals surface area contributed by atoms with Crippen molar-refractivity contribution < 1.29 is 0 Å². The van der Waals surface area contributed by atoms with Crippen LogP contribution in [-0.4, -0.2) is 9.78 Å². The lowest BCUT2D eigenvalue weighted by Crippen LogP contribution is -2.11. The molecule has 0 aliphatic heterocycles. The van der Waals surface area contributed by atoms with E-state index in [1.807, 2.05) is 17.7 Å². The Morgan fingerprint density at radius 3 is 2.62 bits per heavy atom. The average molecular weight is 282 g/mol. The van der Waals surface area contributed by atoms with Gasteiger partial charge in [0.2, 0.25) is 0 Å². The van der Waals surface area contributed by atoms with E-state index in [1.54, 1.807) is 0 Å². The minimum absolute atomic E-state index is 0.209. The van der Waals surface area contributed by atoms with Gasteiger partial charge in [-0.15, -0.1) is 0 Å². The maximum absolute atomic E-state index is 9.17. The number of rotatable bonds is 6. The smallest absolute Gasteiger partial charge is 0.140 e. The second kappa shape index (κ2) is 6.94. The highest BCUT2D eigenvalue weighted by Gasteiger charge is 2.17. The molecule has 1 aromatic carbocycles. The van der Waals surface area contributed by atoms with Crippen LogP contribution >= 0.6 is 0 Å². The first-order valence-corrected chi connectivity index (χ1v) is 7.48. The Labute approximate surface area is 126 Å². The van der Waals surface area contributed by atoms with Gasteiger partial charge in [0.1, 0.15) is 17.5 Å². The number of nitrogens with two attached hydrogens (primary N) is 1. The Morgan fingerprint density at radius 1 is 1.33 bits per heavy atom. The van der Waals surface area contributed by atoms with Gasteiger partial charge < -0.3 is 5.73 Å². The molecule has 21 heavy (non-hydrogen) atoms. The summed E-state index contributed by atoms with van der Waals surface area (Å²) in [4.78, 5) is 0. The van der Waals surface area contributed by atoms with Crippen LogP contribution in [0.1, 0.15) is 49.6 Å². The zero-order valence-electron chi connectivity index (χ0n) is 12.7. The van der Waals surface area contributed by atoms with E-state index in [2.05, 4.69) is 42.4 Å². The van der Waals surface area contributed by atoms with Gasteiger partial charge in [0.15, 0.2) is 0 Å². The quantitative estimate of drug-likeness (QED) is 0.882. The summed E-state index contributed by atoms with van der Waals surface area (Å²) in [5.74, 6) is 0.501. The third kappa shape index (κ3) is 3.43. The fraction of sp³-hybridized carbons (Fsp3) is 0.412. The summed E-state index contributed by atoms with van der Waals surface area (Å²) >= 11 is 0. The second-order valence-corrected chi connectivity index (χ2v) is 5.34. The fourth-order valence-corrected chi connectivity index (χ4v) is 2.57. The van der Waals surface area contributed by atoms with Crippen LogP contribution in [0.25, 0.3) is 0 Å². The third-order valence-corrected chi connectivity index (χ3v) is 3.81. The number of nitrogen functional groups attached to an aromatic ring is 1. The monoisotopic (exact) mass is 282 g/mol. The molecule has 0 spiro atoms. The van der Waals surface area contributed by atoms with Crippen LogP contribution in [0.5, 0.6) is 0 Å². The van der Waals surface area contributed by atoms with Crippen molar-refractivity contribution in [3.05, 3.63) is 47.2 Å². The molecule has 0 amide bonds. The maximum atomic E-state index is 9.17. The van der Waals surface area contributed by atoms with E-state index in [4.69, 9.17) is 11.0 Å². The third-order valence-electron chi connectivity index (χ3n) is 3.81. The molecule has 1 atom stereocenters. The predicted octanol–water partition coefficient (Wildman–Crippen LogP) is 3.48. The van der Waals surface area contributed by atoms with Gasteiger partial charge in [-0.2, -0.15) is 10.4 Å². The van der Waals surface area contributed by atoms with Crippen molar-refractivity contribution in [2.45, 2.75) is 45.6 Å². The molecule has 110 valence electrons. The summed E-state index contributed by atoms with van der Waals surface area (Å²) in [7, 11) is 0. The van der Waals surface area contributed by atoms with Crippen LogP contribution in [0, 0.1) is 11.3 Å². The van der Waals surface area contributed by atoms with Gasteiger partial charge in [-0.3, -0.25) is 0 Å². The Hall–Kier alpha value is -2.28. The number of hydrogen-bond donors (Lipinski definition) is 1. The first-order valence-electron chi connectivity index (χ1n) is 7.48. The maximum Gasteiger partial charge on any atom is 0.140 e. The lowest BCUT2D eigenvalue weighted by molar-refractivity contribution is 0.449. The number of hydrogen-bond acceptors (Lipinski definition) is 3. The van der Waals surface area contributed by atoms with Gasteiger partial charge >= 0.3 is 0 Å². The number of benzene rings is 1. The normalized spacial score (nSPS) is 12.0. The molecule has 4 heteroatoms. The van der Waals surface area contributed by atoms with E-state index >= 15 is 0 Å². The van der Waals surface area contributed by atoms with Crippen LogP contribution < -0.4 is 5.73 Å². The van der Waals surface area contributed by atoms with Crippen molar-refractivity contribution in [3.8, 4) is 6.07 Å². The zero-order chi connectivity index (χ0) is 15.2. The van der Waals surface area contributed by atoms with Crippen molar-refractivity contribution >= 4 is 5.82 Å². The molecule has 4 nitrogen and oxygen atoms in total. The van der Waals surface area contributed by atoms with Gasteiger partial charge in [0.25, 0.3) is 0 Å². The van der Waals surface area contributed by atoms with E-state index in [0.717, 1.165) is 31.4 Å². The van der Waals surface area contributed by atoms with Gasteiger partial charge in [0.05, 0.1) is 11.7 Å². The molecule has 0 saturated carbocycles. The van der Waals surface area contributed by atoms with E-state index in [-0.39, 0.29) is 6.04 Å². The Morgan fingerprint density at radius 2 is 2.05 bits per heavy atom. The van der Waals surface area contributed by atoms with E-state index in [1.165, 1.54) is 5.56 Å². The van der Waals surface area contributed by atoms with Gasteiger partial charge in [-0.1, -0.05) is 37.3 Å². The number of aromatic nitrogens is 2. The summed E-state index contributed by atoms with van der Waals surface area (Å²) in [6.45, 7) is 4.10. The standard InChI is InChI=1S/C17H22N4/c1-3-16-15(12-18)17(19)21(20-16)13(2)8-7-11-14-9-5-4-6-10-14/h4-6,9-10,13H,3,7-8,11,19H2,1-2H3. The second-order valence-electron chi connectivity index (χ2n) is 5.34. The summed E-state index contributed by atoms with van der Waals surface area (Å²) in [6.07, 6.45) is 3.86. The number of aryl methyl sites for hydroxylation is 2. The first-order chi connectivity index (χ1) is 10.2. The fourth-order valence-electron chi connectivity index (χ4n) is 2.57. The molecule has 0 bridgehead atoms. The molecule has 0 aliphatic carbocycles. The molecule has 0 aliphatic rings. The molecular weight excluding hydrogens is 260 g/mol. The summed E-state index contributed by atoms with van der Waals surface area (Å²) in [5.41, 5.74) is 8.73. The van der Waals surface area contributed by atoms with Gasteiger partial charge in [0, 0.05) is 0 Å². The SMILES string of the molecule is CCc1nn(C(C)CCCc2ccccc2)c(N)c1C#N. The molecule has 0 radical (unpaired) electrons. The topological polar surface area (TPSA) is 67.6 Å². The summed E-state index contributed by atoms with van der Waals surface area (Å²) in [6, 6.07) is 12.8. The summed E-state index contributed by atoms with van der Waals surface area (Å²) in [5, 5.41) is 13.7. The average Bonchev–Trinajstić information content (AvgIpc) is 2.84. The molecule has 1 heterocycles. The number of anilines is 1. The van der Waals surface area contributed by atoms with Crippen molar-refractivity contribution in [2.24, 2.45) is 0 Å². The highest BCUT2D eigenvalue weighted by molar-refractivity contribution is 5.52. The molecule has 0 fully saturated rings. The van der Waals surface area contributed by atoms with Crippen molar-refractivity contribution in [1.82, 2.24) is 9.78 Å². The van der Waals surface area contributed by atoms with E-state index in [0.29, 0.717) is 11.4 Å². The van der Waals surface area contributed by atoms with Crippen molar-refractivity contribution in [3.63, 3.8) is 0 Å². The molecule has 2 N–H and O–H groups in total. The highest BCUT2D eigenvalue weighted by Crippen LogP contribution is 2.23. The molecular formula is C17H22N4. The molecule has 2 aromatic rings. The van der Waals surface area contributed by atoms with Gasteiger partial charge in [-0.25, -0.2) is 4.68 Å². The molecule has 0 saturated heterocycles. The van der Waals surface area contributed by atoms with Crippen LogP contribution in [0.15, 0.2) is 30.3 Å². The minimum atomic E-state index is 0.209. The van der Waals surface area contributed by atoms with Crippen molar-refractivity contribution in [1.29, 1.82) is 5.26 Å². The van der Waals surface area contributed by atoms with Crippen LogP contribution in [0.3, 0.4) is 0 Å². The van der Waals surface area contributed by atoms with E-state index < -0.39 is 0 Å². The lowest BCUT2D eigenvalue weighted by atomic mass is 10.1. The molecule has 1 unspecified atom stereocenters. The van der Waals surface area contributed by atoms with Crippen LogP contribution in [0.2, 0.25) is 0 Å². The Kier molecular flexibility index (Phi) is 4.99. The van der Waals surface area contributed by atoms with E-state index in [9.17, 15) is 0 Å². The largest absolute Gasteiger partial charge is 0.383 e. The first kappa shape index (κ1) is 15.1. The predicted molar refractivity (Wildman–Crippen MR) is 84.8 cm³/mol. The molecule has 2 rings (SSSR count).